The molecule has 4 rings (SSSR count). The molecule has 1 amide bonds. The predicted octanol–water partition coefficient (Wildman–Crippen LogP) is 4.00. The molecule has 0 aliphatic carbocycles. The van der Waals surface area contributed by atoms with Gasteiger partial charge in [0.2, 0.25) is 5.91 Å². The first-order valence-corrected chi connectivity index (χ1v) is 9.49. The Hall–Kier alpha value is -3.38. The molecule has 0 radical (unpaired) electrons. The summed E-state index contributed by atoms with van der Waals surface area (Å²) >= 11 is 6.04. The number of methoxy groups -OCH3 is 1. The third-order valence-corrected chi connectivity index (χ3v) is 4.88. The average molecular weight is 407 g/mol. The van der Waals surface area contributed by atoms with Gasteiger partial charge in [0.15, 0.2) is 6.17 Å². The second-order valence-electron chi connectivity index (χ2n) is 6.57. The maximum absolute atomic E-state index is 12.8. The van der Waals surface area contributed by atoms with E-state index in [1.807, 2.05) is 60.7 Å². The zero-order valence-electron chi connectivity index (χ0n) is 15.7. The van der Waals surface area contributed by atoms with Crippen LogP contribution >= 0.6 is 11.6 Å². The fourth-order valence-electron chi connectivity index (χ4n) is 3.14. The smallest absolute Gasteiger partial charge is 0.226 e. The van der Waals surface area contributed by atoms with Gasteiger partial charge in [0.05, 0.1) is 19.0 Å². The SMILES string of the molecule is COc1ccc(CC(=O)NC(c2ccc(Cl)cc2)n2nnc3ccccc32)cc1. The van der Waals surface area contributed by atoms with Gasteiger partial charge in [-0.1, -0.05) is 53.2 Å². The topological polar surface area (TPSA) is 69.0 Å². The number of benzene rings is 3. The molecule has 1 aromatic heterocycles. The van der Waals surface area contributed by atoms with Crippen molar-refractivity contribution < 1.29 is 9.53 Å². The number of halogens is 1. The van der Waals surface area contributed by atoms with Crippen LogP contribution in [0.25, 0.3) is 11.0 Å². The molecule has 1 atom stereocenters. The highest BCUT2D eigenvalue weighted by Gasteiger charge is 2.20. The molecule has 1 unspecified atom stereocenters. The van der Waals surface area contributed by atoms with Gasteiger partial charge >= 0.3 is 0 Å². The van der Waals surface area contributed by atoms with Crippen molar-refractivity contribution in [1.29, 1.82) is 0 Å². The molecule has 6 nitrogen and oxygen atoms in total. The second kappa shape index (κ2) is 8.32. The van der Waals surface area contributed by atoms with Crippen molar-refractivity contribution in [3.8, 4) is 5.75 Å². The number of carbonyl (C=O) groups is 1. The molecular weight excluding hydrogens is 388 g/mol. The van der Waals surface area contributed by atoms with Crippen molar-refractivity contribution in [2.75, 3.05) is 7.11 Å². The first-order chi connectivity index (χ1) is 14.1. The maximum atomic E-state index is 12.8. The third-order valence-electron chi connectivity index (χ3n) is 4.63. The molecule has 0 bridgehead atoms. The Labute approximate surface area is 173 Å². The number of hydrogen-bond donors (Lipinski definition) is 1. The Kier molecular flexibility index (Phi) is 5.44. The third kappa shape index (κ3) is 4.22. The van der Waals surface area contributed by atoms with Crippen LogP contribution in [0.5, 0.6) is 5.75 Å². The van der Waals surface area contributed by atoms with Gasteiger partial charge in [-0.3, -0.25) is 4.79 Å². The van der Waals surface area contributed by atoms with Crippen LogP contribution in [0, 0.1) is 0 Å². The van der Waals surface area contributed by atoms with Crippen molar-refractivity contribution in [2.24, 2.45) is 0 Å². The van der Waals surface area contributed by atoms with Gasteiger partial charge in [0.1, 0.15) is 11.3 Å². The summed E-state index contributed by atoms with van der Waals surface area (Å²) in [6, 6.07) is 22.4. The van der Waals surface area contributed by atoms with Crippen molar-refractivity contribution >= 4 is 28.5 Å². The predicted molar refractivity (Wildman–Crippen MR) is 112 cm³/mol. The molecule has 0 saturated heterocycles. The van der Waals surface area contributed by atoms with E-state index < -0.39 is 6.17 Å². The van der Waals surface area contributed by atoms with Crippen molar-refractivity contribution in [3.63, 3.8) is 0 Å². The van der Waals surface area contributed by atoms with E-state index in [1.165, 1.54) is 0 Å². The molecular formula is C22H19ClN4O2. The maximum Gasteiger partial charge on any atom is 0.226 e. The van der Waals surface area contributed by atoms with Crippen LogP contribution in [-0.2, 0) is 11.2 Å². The zero-order valence-corrected chi connectivity index (χ0v) is 16.5. The summed E-state index contributed by atoms with van der Waals surface area (Å²) < 4.78 is 6.88. The van der Waals surface area contributed by atoms with Crippen LogP contribution in [0.1, 0.15) is 17.3 Å². The van der Waals surface area contributed by atoms with E-state index in [0.717, 1.165) is 27.9 Å². The van der Waals surface area contributed by atoms with E-state index in [1.54, 1.807) is 23.9 Å². The summed E-state index contributed by atoms with van der Waals surface area (Å²) in [5.74, 6) is 0.622. The molecule has 1 heterocycles. The minimum absolute atomic E-state index is 0.130. The van der Waals surface area contributed by atoms with Gasteiger partial charge in [0, 0.05) is 5.02 Å². The fraction of sp³-hybridized carbons (Fsp3) is 0.136. The lowest BCUT2D eigenvalue weighted by molar-refractivity contribution is -0.121. The largest absolute Gasteiger partial charge is 0.497 e. The molecule has 1 N–H and O–H groups in total. The Morgan fingerprint density at radius 2 is 1.79 bits per heavy atom. The standard InChI is InChI=1S/C22H19ClN4O2/c1-29-18-12-6-15(7-13-18)14-21(28)24-22(16-8-10-17(23)11-9-16)27-20-5-3-2-4-19(20)25-26-27/h2-13,22H,14H2,1H3,(H,24,28). The second-order valence-corrected chi connectivity index (χ2v) is 7.01. The summed E-state index contributed by atoms with van der Waals surface area (Å²) in [6.07, 6.45) is -0.272. The number of carbonyl (C=O) groups excluding carboxylic acids is 1. The van der Waals surface area contributed by atoms with Gasteiger partial charge in [-0.05, 0) is 47.5 Å². The summed E-state index contributed by atoms with van der Waals surface area (Å²) in [5, 5.41) is 12.2. The Morgan fingerprint density at radius 3 is 2.52 bits per heavy atom. The number of amides is 1. The number of ether oxygens (including phenoxy) is 1. The highest BCUT2D eigenvalue weighted by molar-refractivity contribution is 6.30. The van der Waals surface area contributed by atoms with Gasteiger partial charge in [0.25, 0.3) is 0 Å². The molecule has 0 aliphatic heterocycles. The van der Waals surface area contributed by atoms with Crippen LogP contribution in [-0.4, -0.2) is 28.0 Å². The molecule has 0 saturated carbocycles. The highest BCUT2D eigenvalue weighted by Crippen LogP contribution is 2.22. The molecule has 146 valence electrons. The first-order valence-electron chi connectivity index (χ1n) is 9.12. The minimum atomic E-state index is -0.509. The van der Waals surface area contributed by atoms with E-state index in [9.17, 15) is 4.79 Å². The van der Waals surface area contributed by atoms with Crippen LogP contribution < -0.4 is 10.1 Å². The lowest BCUT2D eigenvalue weighted by Gasteiger charge is -2.20. The lowest BCUT2D eigenvalue weighted by Crippen LogP contribution is -2.34. The van der Waals surface area contributed by atoms with E-state index in [2.05, 4.69) is 15.6 Å². The normalized spacial score (nSPS) is 11.9. The molecule has 7 heteroatoms. The first kappa shape index (κ1) is 19.0. The number of rotatable bonds is 6. The quantitative estimate of drug-likeness (QED) is 0.525. The molecule has 0 fully saturated rings. The van der Waals surface area contributed by atoms with Crippen molar-refractivity contribution in [1.82, 2.24) is 20.3 Å². The van der Waals surface area contributed by atoms with Gasteiger partial charge < -0.3 is 10.1 Å². The lowest BCUT2D eigenvalue weighted by atomic mass is 10.1. The van der Waals surface area contributed by atoms with Gasteiger partial charge in [-0.2, -0.15) is 0 Å². The van der Waals surface area contributed by atoms with E-state index >= 15 is 0 Å². The average Bonchev–Trinajstić information content (AvgIpc) is 3.17. The molecule has 0 spiro atoms. The number of hydrogen-bond acceptors (Lipinski definition) is 4. The number of aromatic nitrogens is 3. The monoisotopic (exact) mass is 406 g/mol. The van der Waals surface area contributed by atoms with Crippen LogP contribution in [0.15, 0.2) is 72.8 Å². The molecule has 3 aromatic carbocycles. The summed E-state index contributed by atoms with van der Waals surface area (Å²) in [6.45, 7) is 0. The number of fused-ring (bicyclic) bond motifs is 1. The Balaban J connectivity index is 1.63. The van der Waals surface area contributed by atoms with E-state index in [0.29, 0.717) is 5.02 Å². The molecule has 29 heavy (non-hydrogen) atoms. The van der Waals surface area contributed by atoms with Crippen LogP contribution in [0.3, 0.4) is 0 Å². The summed E-state index contributed by atoms with van der Waals surface area (Å²) in [5.41, 5.74) is 3.34. The van der Waals surface area contributed by atoms with Crippen molar-refractivity contribution in [3.05, 3.63) is 88.9 Å². The highest BCUT2D eigenvalue weighted by atomic mass is 35.5. The van der Waals surface area contributed by atoms with E-state index in [4.69, 9.17) is 16.3 Å². The summed E-state index contributed by atoms with van der Waals surface area (Å²) in [4.78, 5) is 12.8. The minimum Gasteiger partial charge on any atom is -0.497 e. The Morgan fingerprint density at radius 1 is 1.07 bits per heavy atom. The van der Waals surface area contributed by atoms with E-state index in [-0.39, 0.29) is 12.3 Å². The number of nitrogens with zero attached hydrogens (tertiary/aromatic N) is 3. The van der Waals surface area contributed by atoms with Gasteiger partial charge in [-0.25, -0.2) is 4.68 Å². The summed E-state index contributed by atoms with van der Waals surface area (Å²) in [7, 11) is 1.61. The zero-order chi connectivity index (χ0) is 20.2. The van der Waals surface area contributed by atoms with Crippen LogP contribution in [0.2, 0.25) is 5.02 Å². The fourth-order valence-corrected chi connectivity index (χ4v) is 3.27. The van der Waals surface area contributed by atoms with Gasteiger partial charge in [-0.15, -0.1) is 5.10 Å². The van der Waals surface area contributed by atoms with Crippen LogP contribution in [0.4, 0.5) is 0 Å². The number of para-hydroxylation sites is 1. The number of nitrogens with one attached hydrogen (secondary N) is 1. The van der Waals surface area contributed by atoms with Crippen molar-refractivity contribution in [2.45, 2.75) is 12.6 Å². The molecule has 4 aromatic rings. The Bertz CT molecular complexity index is 1120. The molecule has 0 aliphatic rings.